The zero-order valence-electron chi connectivity index (χ0n) is 11.3. The lowest BCUT2D eigenvalue weighted by Gasteiger charge is -2.39. The van der Waals surface area contributed by atoms with Gasteiger partial charge in [-0.05, 0) is 37.6 Å². The first kappa shape index (κ1) is 14.1. The molecule has 0 aromatic heterocycles. The smallest absolute Gasteiger partial charge is 0.230 e. The summed E-state index contributed by atoms with van der Waals surface area (Å²) < 4.78 is 0. The molecule has 0 radical (unpaired) electrons. The van der Waals surface area contributed by atoms with Crippen molar-refractivity contribution in [2.75, 3.05) is 26.2 Å². The van der Waals surface area contributed by atoms with Gasteiger partial charge in [0, 0.05) is 19.6 Å². The number of hydrogen-bond donors (Lipinski definition) is 1. The van der Waals surface area contributed by atoms with E-state index in [1.165, 1.54) is 25.7 Å². The monoisotopic (exact) mass is 272 g/mol. The molecule has 0 aromatic carbocycles. The molecule has 1 unspecified atom stereocenters. The Balaban J connectivity index is 0.00000120. The maximum Gasteiger partial charge on any atom is 0.230 e. The van der Waals surface area contributed by atoms with E-state index < -0.39 is 0 Å². The summed E-state index contributed by atoms with van der Waals surface area (Å²) in [6.07, 6.45) is 6.13. The number of rotatable bonds is 1. The van der Waals surface area contributed by atoms with E-state index in [2.05, 4.69) is 17.1 Å². The van der Waals surface area contributed by atoms with Gasteiger partial charge in [0.2, 0.25) is 5.91 Å². The Hall–Kier alpha value is -0.280. The average Bonchev–Trinajstić information content (AvgIpc) is 2.94. The van der Waals surface area contributed by atoms with E-state index in [4.69, 9.17) is 0 Å². The maximum atomic E-state index is 12.8. The SMILES string of the molecule is CC1CCN(C(=O)[C@@]23CCCC[C@H]2CNC3)C1.Cl. The molecule has 1 amide bonds. The molecule has 1 N–H and O–H groups in total. The Morgan fingerprint density at radius 1 is 1.33 bits per heavy atom. The van der Waals surface area contributed by atoms with E-state index in [1.54, 1.807) is 0 Å². The fourth-order valence-corrected chi connectivity index (χ4v) is 4.10. The predicted octanol–water partition coefficient (Wildman–Crippen LogP) is 2.06. The van der Waals surface area contributed by atoms with E-state index in [0.717, 1.165) is 32.6 Å². The summed E-state index contributed by atoms with van der Waals surface area (Å²) >= 11 is 0. The lowest BCUT2D eigenvalue weighted by Crippen LogP contribution is -2.49. The molecule has 1 aliphatic carbocycles. The van der Waals surface area contributed by atoms with Crippen LogP contribution in [-0.2, 0) is 4.79 Å². The molecule has 2 saturated heterocycles. The molecule has 2 aliphatic heterocycles. The highest BCUT2D eigenvalue weighted by molar-refractivity contribution is 5.85. The van der Waals surface area contributed by atoms with Gasteiger partial charge in [0.05, 0.1) is 5.41 Å². The third-order valence-electron chi connectivity index (χ3n) is 5.18. The molecular formula is C14H25ClN2O. The number of nitrogens with one attached hydrogen (secondary N) is 1. The summed E-state index contributed by atoms with van der Waals surface area (Å²) in [4.78, 5) is 15.0. The van der Waals surface area contributed by atoms with Crippen molar-refractivity contribution in [3.63, 3.8) is 0 Å². The first-order chi connectivity index (χ1) is 8.22. The molecule has 3 aliphatic rings. The summed E-state index contributed by atoms with van der Waals surface area (Å²) in [5, 5.41) is 3.47. The summed E-state index contributed by atoms with van der Waals surface area (Å²) in [5.41, 5.74) is -0.0255. The molecule has 0 bridgehead atoms. The second-order valence-corrected chi connectivity index (χ2v) is 6.37. The molecule has 3 atom stereocenters. The van der Waals surface area contributed by atoms with Gasteiger partial charge in [-0.3, -0.25) is 4.79 Å². The van der Waals surface area contributed by atoms with Gasteiger partial charge in [0.25, 0.3) is 0 Å². The number of amides is 1. The van der Waals surface area contributed by atoms with Gasteiger partial charge in [-0.25, -0.2) is 0 Å². The number of hydrogen-bond acceptors (Lipinski definition) is 2. The Kier molecular flexibility index (Phi) is 4.22. The fourth-order valence-electron chi connectivity index (χ4n) is 4.10. The summed E-state index contributed by atoms with van der Waals surface area (Å²) in [7, 11) is 0. The predicted molar refractivity (Wildman–Crippen MR) is 74.9 cm³/mol. The number of carbonyl (C=O) groups is 1. The lowest BCUT2D eigenvalue weighted by molar-refractivity contribution is -0.144. The van der Waals surface area contributed by atoms with Crippen molar-refractivity contribution < 1.29 is 4.79 Å². The van der Waals surface area contributed by atoms with Gasteiger partial charge >= 0.3 is 0 Å². The number of likely N-dealkylation sites (tertiary alicyclic amines) is 1. The molecule has 3 rings (SSSR count). The van der Waals surface area contributed by atoms with Crippen molar-refractivity contribution in [2.45, 2.75) is 39.0 Å². The zero-order chi connectivity index (χ0) is 11.9. The van der Waals surface area contributed by atoms with Crippen LogP contribution in [0.25, 0.3) is 0 Å². The fraction of sp³-hybridized carbons (Fsp3) is 0.929. The van der Waals surface area contributed by atoms with Crippen molar-refractivity contribution in [2.24, 2.45) is 17.3 Å². The van der Waals surface area contributed by atoms with Crippen LogP contribution >= 0.6 is 12.4 Å². The van der Waals surface area contributed by atoms with Crippen molar-refractivity contribution in [3.8, 4) is 0 Å². The molecule has 18 heavy (non-hydrogen) atoms. The summed E-state index contributed by atoms with van der Waals surface area (Å²) in [6, 6.07) is 0. The summed E-state index contributed by atoms with van der Waals surface area (Å²) in [5.74, 6) is 1.78. The summed E-state index contributed by atoms with van der Waals surface area (Å²) in [6.45, 7) is 6.24. The van der Waals surface area contributed by atoms with Crippen LogP contribution in [0.2, 0.25) is 0 Å². The van der Waals surface area contributed by atoms with Gasteiger partial charge in [0.15, 0.2) is 0 Å². The van der Waals surface area contributed by atoms with Crippen LogP contribution in [0.1, 0.15) is 39.0 Å². The minimum atomic E-state index is -0.0255. The Morgan fingerprint density at radius 2 is 2.17 bits per heavy atom. The lowest BCUT2D eigenvalue weighted by atomic mass is 9.67. The second-order valence-electron chi connectivity index (χ2n) is 6.37. The molecule has 1 saturated carbocycles. The maximum absolute atomic E-state index is 12.8. The minimum absolute atomic E-state index is 0. The van der Waals surface area contributed by atoms with Crippen molar-refractivity contribution in [1.29, 1.82) is 0 Å². The zero-order valence-corrected chi connectivity index (χ0v) is 12.1. The highest BCUT2D eigenvalue weighted by Crippen LogP contribution is 2.45. The van der Waals surface area contributed by atoms with Crippen LogP contribution in [0.3, 0.4) is 0 Å². The largest absolute Gasteiger partial charge is 0.342 e. The highest BCUT2D eigenvalue weighted by atomic mass is 35.5. The quantitative estimate of drug-likeness (QED) is 0.793. The Bertz CT molecular complexity index is 323. The average molecular weight is 273 g/mol. The molecule has 104 valence electrons. The number of nitrogens with zero attached hydrogens (tertiary/aromatic N) is 1. The Morgan fingerprint density at radius 3 is 2.89 bits per heavy atom. The molecule has 3 fully saturated rings. The topological polar surface area (TPSA) is 32.3 Å². The number of halogens is 1. The normalized spacial score (nSPS) is 39.3. The van der Waals surface area contributed by atoms with Crippen LogP contribution in [-0.4, -0.2) is 37.0 Å². The molecule has 0 aromatic rings. The van der Waals surface area contributed by atoms with Crippen LogP contribution in [0.5, 0.6) is 0 Å². The van der Waals surface area contributed by atoms with Crippen molar-refractivity contribution in [3.05, 3.63) is 0 Å². The third kappa shape index (κ3) is 2.16. The second kappa shape index (κ2) is 5.38. The van der Waals surface area contributed by atoms with E-state index in [0.29, 0.717) is 17.7 Å². The third-order valence-corrected chi connectivity index (χ3v) is 5.18. The van der Waals surface area contributed by atoms with Crippen molar-refractivity contribution >= 4 is 18.3 Å². The van der Waals surface area contributed by atoms with Gasteiger partial charge in [-0.1, -0.05) is 19.8 Å². The van der Waals surface area contributed by atoms with Crippen molar-refractivity contribution in [1.82, 2.24) is 10.2 Å². The first-order valence-electron chi connectivity index (χ1n) is 7.22. The Labute approximate surface area is 116 Å². The van der Waals surface area contributed by atoms with Gasteiger partial charge in [-0.15, -0.1) is 12.4 Å². The standard InChI is InChI=1S/C14H24N2O.ClH/c1-11-5-7-16(9-11)13(17)14-6-3-2-4-12(14)8-15-10-14;/h11-12,15H,2-10H2,1H3;1H/t11?,12-,14+;/m0./s1. The molecule has 4 heteroatoms. The van der Waals surface area contributed by atoms with Crippen LogP contribution in [0.4, 0.5) is 0 Å². The highest BCUT2D eigenvalue weighted by Gasteiger charge is 2.51. The molecule has 0 spiro atoms. The molecule has 3 nitrogen and oxygen atoms in total. The van der Waals surface area contributed by atoms with E-state index in [-0.39, 0.29) is 17.8 Å². The first-order valence-corrected chi connectivity index (χ1v) is 7.22. The van der Waals surface area contributed by atoms with Gasteiger partial charge in [0.1, 0.15) is 0 Å². The molecule has 2 heterocycles. The van der Waals surface area contributed by atoms with Crippen LogP contribution < -0.4 is 5.32 Å². The number of fused-ring (bicyclic) bond motifs is 1. The van der Waals surface area contributed by atoms with E-state index >= 15 is 0 Å². The van der Waals surface area contributed by atoms with Crippen LogP contribution in [0.15, 0.2) is 0 Å². The molecular weight excluding hydrogens is 248 g/mol. The number of carbonyl (C=O) groups excluding carboxylic acids is 1. The van der Waals surface area contributed by atoms with Crippen LogP contribution in [0, 0.1) is 17.3 Å². The van der Waals surface area contributed by atoms with Gasteiger partial charge in [-0.2, -0.15) is 0 Å². The van der Waals surface area contributed by atoms with Gasteiger partial charge < -0.3 is 10.2 Å². The van der Waals surface area contributed by atoms with E-state index in [1.807, 2.05) is 0 Å². The minimum Gasteiger partial charge on any atom is -0.342 e. The van der Waals surface area contributed by atoms with E-state index in [9.17, 15) is 4.79 Å².